The van der Waals surface area contributed by atoms with Crippen molar-refractivity contribution in [3.8, 4) is 0 Å². The van der Waals surface area contributed by atoms with Gasteiger partial charge in [0.1, 0.15) is 0 Å². The molecule has 0 radical (unpaired) electrons. The van der Waals surface area contributed by atoms with Gasteiger partial charge in [0, 0.05) is 25.7 Å². The molecule has 0 aliphatic heterocycles. The largest absolute Gasteiger partial charge is 0.380 e. The number of unbranched alkanes of at least 4 members (excludes halogenated alkanes) is 2. The smallest absolute Gasteiger partial charge is 0.0593 e. The van der Waals surface area contributed by atoms with Gasteiger partial charge < -0.3 is 15.0 Å². The summed E-state index contributed by atoms with van der Waals surface area (Å²) < 4.78 is 5.35. The van der Waals surface area contributed by atoms with E-state index in [0.717, 1.165) is 32.8 Å². The summed E-state index contributed by atoms with van der Waals surface area (Å²) >= 11 is 0. The zero-order valence-corrected chi connectivity index (χ0v) is 11.6. The van der Waals surface area contributed by atoms with E-state index in [2.05, 4.69) is 31.1 Å². The van der Waals surface area contributed by atoms with Gasteiger partial charge in [-0.25, -0.2) is 0 Å². The Morgan fingerprint density at radius 1 is 1.25 bits per heavy atom. The van der Waals surface area contributed by atoms with Crippen LogP contribution in [-0.4, -0.2) is 50.8 Å². The monoisotopic (exact) mass is 230 g/mol. The average molecular weight is 230 g/mol. The van der Waals surface area contributed by atoms with Gasteiger partial charge in [-0.2, -0.15) is 0 Å². The van der Waals surface area contributed by atoms with Gasteiger partial charge in [-0.3, -0.25) is 0 Å². The van der Waals surface area contributed by atoms with Gasteiger partial charge in [0.15, 0.2) is 0 Å². The zero-order valence-electron chi connectivity index (χ0n) is 11.6. The van der Waals surface area contributed by atoms with E-state index in [-0.39, 0.29) is 0 Å². The molecule has 0 rings (SSSR count). The maximum absolute atomic E-state index is 5.35. The van der Waals surface area contributed by atoms with Gasteiger partial charge in [-0.1, -0.05) is 19.8 Å². The molecule has 0 heterocycles. The number of nitrogens with one attached hydrogen (secondary N) is 1. The summed E-state index contributed by atoms with van der Waals surface area (Å²) in [5, 5.41) is 3.51. The molecule has 3 nitrogen and oxygen atoms in total. The molecule has 1 unspecified atom stereocenters. The fraction of sp³-hybridized carbons (Fsp3) is 1.00. The first-order valence-corrected chi connectivity index (χ1v) is 6.71. The van der Waals surface area contributed by atoms with Crippen LogP contribution in [0.4, 0.5) is 0 Å². The quantitative estimate of drug-likeness (QED) is 0.550. The molecule has 0 aliphatic carbocycles. The van der Waals surface area contributed by atoms with Crippen molar-refractivity contribution in [3.63, 3.8) is 0 Å². The molecule has 1 N–H and O–H groups in total. The second kappa shape index (κ2) is 11.4. The number of rotatable bonds is 11. The van der Waals surface area contributed by atoms with Crippen molar-refractivity contribution >= 4 is 0 Å². The molecule has 0 aromatic rings. The molecule has 0 saturated heterocycles. The Morgan fingerprint density at radius 3 is 2.62 bits per heavy atom. The van der Waals surface area contributed by atoms with Crippen LogP contribution in [0.5, 0.6) is 0 Å². The average Bonchev–Trinajstić information content (AvgIpc) is 2.28. The van der Waals surface area contributed by atoms with Gasteiger partial charge in [-0.15, -0.1) is 0 Å². The molecule has 1 atom stereocenters. The van der Waals surface area contributed by atoms with E-state index in [1.54, 1.807) is 0 Å². The van der Waals surface area contributed by atoms with Crippen molar-refractivity contribution in [2.45, 2.75) is 46.1 Å². The molecule has 0 amide bonds. The first kappa shape index (κ1) is 15.9. The number of likely N-dealkylation sites (N-methyl/N-ethyl adjacent to an activating group) is 1. The minimum atomic E-state index is 0.585. The van der Waals surface area contributed by atoms with Crippen molar-refractivity contribution in [1.82, 2.24) is 10.2 Å². The first-order valence-electron chi connectivity index (χ1n) is 6.71. The zero-order chi connectivity index (χ0) is 12.2. The highest BCUT2D eigenvalue weighted by Gasteiger charge is 2.07. The molecular formula is C13H30N2O. The third kappa shape index (κ3) is 9.13. The minimum absolute atomic E-state index is 0.585. The summed E-state index contributed by atoms with van der Waals surface area (Å²) in [6, 6.07) is 0.585. The lowest BCUT2D eigenvalue weighted by molar-refractivity contribution is 0.110. The number of hydrogen-bond donors (Lipinski definition) is 1. The van der Waals surface area contributed by atoms with Crippen LogP contribution in [0.1, 0.15) is 40.0 Å². The van der Waals surface area contributed by atoms with Crippen LogP contribution >= 0.6 is 0 Å². The molecule has 0 aromatic heterocycles. The number of hydrogen-bond acceptors (Lipinski definition) is 3. The summed E-state index contributed by atoms with van der Waals surface area (Å²) in [4.78, 5) is 2.35. The Labute approximate surface area is 102 Å². The standard InChI is InChI=1S/C13H30N2O/c1-5-7-8-9-14-12-13(3)15(4)10-11-16-6-2/h13-14H,5-12H2,1-4H3. The predicted molar refractivity (Wildman–Crippen MR) is 71.0 cm³/mol. The van der Waals surface area contributed by atoms with Crippen LogP contribution in [0.2, 0.25) is 0 Å². The molecule has 0 aromatic carbocycles. The molecule has 3 heteroatoms. The maximum Gasteiger partial charge on any atom is 0.0593 e. The Bertz CT molecular complexity index is 142. The predicted octanol–water partition coefficient (Wildman–Crippen LogP) is 2.12. The van der Waals surface area contributed by atoms with E-state index in [1.807, 2.05) is 6.92 Å². The van der Waals surface area contributed by atoms with Gasteiger partial charge in [0.05, 0.1) is 6.61 Å². The van der Waals surface area contributed by atoms with Crippen LogP contribution in [0.3, 0.4) is 0 Å². The molecule has 0 saturated carbocycles. The van der Waals surface area contributed by atoms with Crippen LogP contribution in [0.25, 0.3) is 0 Å². The summed E-state index contributed by atoms with van der Waals surface area (Å²) in [5.74, 6) is 0. The fourth-order valence-corrected chi connectivity index (χ4v) is 1.54. The SMILES string of the molecule is CCCCCNCC(C)N(C)CCOCC. The van der Waals surface area contributed by atoms with Crippen LogP contribution in [0.15, 0.2) is 0 Å². The third-order valence-electron chi connectivity index (χ3n) is 2.94. The van der Waals surface area contributed by atoms with Crippen LogP contribution < -0.4 is 5.32 Å². The first-order chi connectivity index (χ1) is 7.72. The molecule has 16 heavy (non-hydrogen) atoms. The molecular weight excluding hydrogens is 200 g/mol. The van der Waals surface area contributed by atoms with Gasteiger partial charge in [-0.05, 0) is 33.9 Å². The van der Waals surface area contributed by atoms with Gasteiger partial charge in [0.2, 0.25) is 0 Å². The molecule has 0 fully saturated rings. The highest BCUT2D eigenvalue weighted by atomic mass is 16.5. The Kier molecular flexibility index (Phi) is 11.3. The lowest BCUT2D eigenvalue weighted by Gasteiger charge is -2.24. The topological polar surface area (TPSA) is 24.5 Å². The highest BCUT2D eigenvalue weighted by Crippen LogP contribution is 1.95. The normalized spacial score (nSPS) is 13.3. The van der Waals surface area contributed by atoms with Crippen LogP contribution in [-0.2, 0) is 4.74 Å². The third-order valence-corrected chi connectivity index (χ3v) is 2.94. The lowest BCUT2D eigenvalue weighted by Crippen LogP contribution is -2.39. The van der Waals surface area contributed by atoms with E-state index in [0.29, 0.717) is 6.04 Å². The molecule has 98 valence electrons. The lowest BCUT2D eigenvalue weighted by atomic mass is 10.2. The fourth-order valence-electron chi connectivity index (χ4n) is 1.54. The molecule has 0 bridgehead atoms. The second-order valence-electron chi connectivity index (χ2n) is 4.44. The minimum Gasteiger partial charge on any atom is -0.380 e. The van der Waals surface area contributed by atoms with Crippen molar-refractivity contribution < 1.29 is 4.74 Å². The summed E-state index contributed by atoms with van der Waals surface area (Å²) in [6.07, 6.45) is 3.93. The number of ether oxygens (including phenoxy) is 1. The van der Waals surface area contributed by atoms with Gasteiger partial charge in [0.25, 0.3) is 0 Å². The van der Waals surface area contributed by atoms with Crippen molar-refractivity contribution in [2.75, 3.05) is 39.9 Å². The van der Waals surface area contributed by atoms with E-state index < -0.39 is 0 Å². The van der Waals surface area contributed by atoms with E-state index in [9.17, 15) is 0 Å². The molecule has 0 aliphatic rings. The Hall–Kier alpha value is -0.120. The Balaban J connectivity index is 3.36. The Morgan fingerprint density at radius 2 is 2.00 bits per heavy atom. The number of nitrogens with zero attached hydrogens (tertiary/aromatic N) is 1. The van der Waals surface area contributed by atoms with E-state index in [4.69, 9.17) is 4.74 Å². The van der Waals surface area contributed by atoms with Crippen molar-refractivity contribution in [1.29, 1.82) is 0 Å². The maximum atomic E-state index is 5.35. The van der Waals surface area contributed by atoms with Crippen molar-refractivity contribution in [2.24, 2.45) is 0 Å². The van der Waals surface area contributed by atoms with Crippen LogP contribution in [0, 0.1) is 0 Å². The van der Waals surface area contributed by atoms with E-state index in [1.165, 1.54) is 19.3 Å². The van der Waals surface area contributed by atoms with E-state index >= 15 is 0 Å². The highest BCUT2D eigenvalue weighted by molar-refractivity contribution is 4.65. The summed E-state index contributed by atoms with van der Waals surface area (Å²) in [5.41, 5.74) is 0. The summed E-state index contributed by atoms with van der Waals surface area (Å²) in [7, 11) is 2.16. The van der Waals surface area contributed by atoms with Gasteiger partial charge >= 0.3 is 0 Å². The molecule has 0 spiro atoms. The second-order valence-corrected chi connectivity index (χ2v) is 4.44. The van der Waals surface area contributed by atoms with Crippen molar-refractivity contribution in [3.05, 3.63) is 0 Å². The summed E-state index contributed by atoms with van der Waals surface area (Å²) in [6.45, 7) is 11.4.